The Bertz CT molecular complexity index is 738. The van der Waals surface area contributed by atoms with Crippen molar-refractivity contribution in [1.82, 2.24) is 15.1 Å². The molecule has 126 valence electrons. The van der Waals surface area contributed by atoms with E-state index in [1.165, 1.54) is 10.2 Å². The normalized spacial score (nSPS) is 16.3. The molecule has 1 aliphatic rings. The largest absolute Gasteiger partial charge is 0.355 e. The fourth-order valence-electron chi connectivity index (χ4n) is 3.16. The molecule has 2 aromatic rings. The third-order valence-corrected chi connectivity index (χ3v) is 4.26. The van der Waals surface area contributed by atoms with Gasteiger partial charge in [-0.2, -0.15) is 5.10 Å². The Hall–Kier alpha value is -2.63. The molecule has 0 spiro atoms. The molecule has 0 saturated carbocycles. The van der Waals surface area contributed by atoms with E-state index in [-0.39, 0.29) is 24.3 Å². The maximum absolute atomic E-state index is 12.6. The number of aryl methyl sites for hydroxylation is 1. The summed E-state index contributed by atoms with van der Waals surface area (Å²) in [7, 11) is 0. The van der Waals surface area contributed by atoms with Gasteiger partial charge in [-0.05, 0) is 37.3 Å². The van der Waals surface area contributed by atoms with Crippen molar-refractivity contribution < 1.29 is 9.59 Å². The molecule has 1 aliphatic carbocycles. The first-order chi connectivity index (χ1) is 11.7. The number of rotatable bonds is 5. The summed E-state index contributed by atoms with van der Waals surface area (Å²) in [6.45, 7) is 2.61. The minimum Gasteiger partial charge on any atom is -0.355 e. The molecule has 6 nitrogen and oxygen atoms in total. The summed E-state index contributed by atoms with van der Waals surface area (Å²) in [6, 6.07) is 9.84. The molecular formula is C18H22N4O2. The van der Waals surface area contributed by atoms with Gasteiger partial charge in [0, 0.05) is 18.8 Å². The van der Waals surface area contributed by atoms with Crippen LogP contribution in [-0.2, 0) is 22.6 Å². The molecule has 2 amide bonds. The smallest absolute Gasteiger partial charge is 0.241 e. The van der Waals surface area contributed by atoms with Crippen LogP contribution in [0.1, 0.15) is 36.8 Å². The van der Waals surface area contributed by atoms with Gasteiger partial charge in [0.05, 0.1) is 5.92 Å². The standard InChI is InChI=1S/C18H22N4O2/c1-2-19-17(23)12-22-11-10-16(21-22)20-18(24)15-9-5-7-13-6-3-4-8-14(13)15/h3-4,6,8,10-11,15H,2,5,7,9,12H2,1H3,(H,19,23)(H,20,21,24)/t15-/m1/s1. The number of nitrogens with zero attached hydrogens (tertiary/aromatic N) is 2. The summed E-state index contributed by atoms with van der Waals surface area (Å²) >= 11 is 0. The van der Waals surface area contributed by atoms with Crippen molar-refractivity contribution in [3.8, 4) is 0 Å². The van der Waals surface area contributed by atoms with E-state index in [9.17, 15) is 9.59 Å². The number of fused-ring (bicyclic) bond motifs is 1. The minimum atomic E-state index is -0.136. The number of benzene rings is 1. The van der Waals surface area contributed by atoms with Crippen molar-refractivity contribution in [3.63, 3.8) is 0 Å². The number of hydrogen-bond donors (Lipinski definition) is 2. The van der Waals surface area contributed by atoms with Gasteiger partial charge in [0.1, 0.15) is 6.54 Å². The molecular weight excluding hydrogens is 304 g/mol. The average Bonchev–Trinajstić information content (AvgIpc) is 3.01. The second-order valence-corrected chi connectivity index (χ2v) is 5.98. The van der Waals surface area contributed by atoms with Crippen molar-refractivity contribution in [3.05, 3.63) is 47.7 Å². The van der Waals surface area contributed by atoms with Crippen LogP contribution >= 0.6 is 0 Å². The van der Waals surface area contributed by atoms with Gasteiger partial charge in [-0.15, -0.1) is 0 Å². The summed E-state index contributed by atoms with van der Waals surface area (Å²) in [4.78, 5) is 24.2. The lowest BCUT2D eigenvalue weighted by atomic mass is 9.82. The number of hydrogen-bond acceptors (Lipinski definition) is 3. The molecule has 0 fully saturated rings. The van der Waals surface area contributed by atoms with E-state index in [4.69, 9.17) is 0 Å². The van der Waals surface area contributed by atoms with E-state index in [1.807, 2.05) is 25.1 Å². The summed E-state index contributed by atoms with van der Waals surface area (Å²) in [5.74, 6) is 0.209. The summed E-state index contributed by atoms with van der Waals surface area (Å²) in [5, 5.41) is 9.84. The van der Waals surface area contributed by atoms with Gasteiger partial charge in [-0.1, -0.05) is 24.3 Å². The molecule has 1 aromatic heterocycles. The lowest BCUT2D eigenvalue weighted by Gasteiger charge is -2.24. The number of likely N-dealkylation sites (N-methyl/N-ethyl adjacent to an activating group) is 1. The van der Waals surface area contributed by atoms with Gasteiger partial charge in [0.25, 0.3) is 0 Å². The molecule has 2 N–H and O–H groups in total. The first kappa shape index (κ1) is 16.2. The number of carbonyl (C=O) groups excluding carboxylic acids is 2. The third-order valence-electron chi connectivity index (χ3n) is 4.26. The second kappa shape index (κ2) is 7.29. The van der Waals surface area contributed by atoms with Gasteiger partial charge in [-0.25, -0.2) is 0 Å². The third kappa shape index (κ3) is 3.64. The fourth-order valence-corrected chi connectivity index (χ4v) is 3.16. The first-order valence-corrected chi connectivity index (χ1v) is 8.36. The lowest BCUT2D eigenvalue weighted by molar-refractivity contribution is -0.121. The fraction of sp³-hybridized carbons (Fsp3) is 0.389. The molecule has 0 radical (unpaired) electrons. The summed E-state index contributed by atoms with van der Waals surface area (Å²) in [6.07, 6.45) is 4.59. The number of aromatic nitrogens is 2. The van der Waals surface area contributed by atoms with Gasteiger partial charge >= 0.3 is 0 Å². The van der Waals surface area contributed by atoms with Crippen LogP contribution in [0.4, 0.5) is 5.82 Å². The first-order valence-electron chi connectivity index (χ1n) is 8.36. The van der Waals surface area contributed by atoms with Gasteiger partial charge in [0.15, 0.2) is 5.82 Å². The van der Waals surface area contributed by atoms with Gasteiger partial charge in [-0.3, -0.25) is 14.3 Å². The SMILES string of the molecule is CCNC(=O)Cn1ccc(NC(=O)[C@@H]2CCCc3ccccc32)n1. The van der Waals surface area contributed by atoms with Crippen LogP contribution in [0, 0.1) is 0 Å². The zero-order valence-electron chi connectivity index (χ0n) is 13.8. The monoisotopic (exact) mass is 326 g/mol. The van der Waals surface area contributed by atoms with Crippen LogP contribution < -0.4 is 10.6 Å². The van der Waals surface area contributed by atoms with E-state index < -0.39 is 0 Å². The van der Waals surface area contributed by atoms with E-state index >= 15 is 0 Å². The van der Waals surface area contributed by atoms with Crippen LogP contribution in [0.5, 0.6) is 0 Å². The predicted octanol–water partition coefficient (Wildman–Crippen LogP) is 2.08. The molecule has 0 saturated heterocycles. The Morgan fingerprint density at radius 2 is 2.12 bits per heavy atom. The Labute approximate surface area is 141 Å². The molecule has 1 heterocycles. The Balaban J connectivity index is 1.66. The molecule has 24 heavy (non-hydrogen) atoms. The van der Waals surface area contributed by atoms with Crippen molar-refractivity contribution >= 4 is 17.6 Å². The zero-order chi connectivity index (χ0) is 16.9. The molecule has 0 bridgehead atoms. The molecule has 3 rings (SSSR count). The Morgan fingerprint density at radius 1 is 1.29 bits per heavy atom. The van der Waals surface area contributed by atoms with Crippen LogP contribution in [0.2, 0.25) is 0 Å². The topological polar surface area (TPSA) is 76.0 Å². The van der Waals surface area contributed by atoms with Crippen LogP contribution in [-0.4, -0.2) is 28.1 Å². The number of amides is 2. The number of carbonyl (C=O) groups is 2. The lowest BCUT2D eigenvalue weighted by Crippen LogP contribution is -2.27. The molecule has 6 heteroatoms. The molecule has 1 aromatic carbocycles. The van der Waals surface area contributed by atoms with Crippen LogP contribution in [0.15, 0.2) is 36.5 Å². The van der Waals surface area contributed by atoms with Crippen molar-refractivity contribution in [2.24, 2.45) is 0 Å². The van der Waals surface area contributed by atoms with E-state index in [0.29, 0.717) is 12.4 Å². The average molecular weight is 326 g/mol. The summed E-state index contributed by atoms with van der Waals surface area (Å²) in [5.41, 5.74) is 2.37. The van der Waals surface area contributed by atoms with Crippen molar-refractivity contribution in [1.29, 1.82) is 0 Å². The predicted molar refractivity (Wildman–Crippen MR) is 91.7 cm³/mol. The molecule has 1 atom stereocenters. The zero-order valence-corrected chi connectivity index (χ0v) is 13.8. The Kier molecular flexibility index (Phi) is 4.93. The highest BCUT2D eigenvalue weighted by Crippen LogP contribution is 2.32. The van der Waals surface area contributed by atoms with Gasteiger partial charge < -0.3 is 10.6 Å². The minimum absolute atomic E-state index is 0.0367. The highest BCUT2D eigenvalue weighted by Gasteiger charge is 2.26. The number of anilines is 1. The van der Waals surface area contributed by atoms with E-state index in [1.54, 1.807) is 12.3 Å². The maximum atomic E-state index is 12.6. The van der Waals surface area contributed by atoms with Crippen LogP contribution in [0.25, 0.3) is 0 Å². The van der Waals surface area contributed by atoms with E-state index in [2.05, 4.69) is 21.8 Å². The van der Waals surface area contributed by atoms with Crippen molar-refractivity contribution in [2.75, 3.05) is 11.9 Å². The Morgan fingerprint density at radius 3 is 2.96 bits per heavy atom. The van der Waals surface area contributed by atoms with Crippen LogP contribution in [0.3, 0.4) is 0 Å². The quantitative estimate of drug-likeness (QED) is 0.883. The van der Waals surface area contributed by atoms with Gasteiger partial charge in [0.2, 0.25) is 11.8 Å². The highest BCUT2D eigenvalue weighted by atomic mass is 16.2. The highest BCUT2D eigenvalue weighted by molar-refractivity contribution is 5.95. The molecule has 0 aliphatic heterocycles. The second-order valence-electron chi connectivity index (χ2n) is 5.98. The molecule has 0 unspecified atom stereocenters. The van der Waals surface area contributed by atoms with Crippen molar-refractivity contribution in [2.45, 2.75) is 38.6 Å². The number of nitrogens with one attached hydrogen (secondary N) is 2. The van der Waals surface area contributed by atoms with E-state index in [0.717, 1.165) is 24.8 Å². The maximum Gasteiger partial charge on any atom is 0.241 e. The summed E-state index contributed by atoms with van der Waals surface area (Å²) < 4.78 is 1.52.